The maximum Gasteiger partial charge on any atom is 0.266 e. The van der Waals surface area contributed by atoms with Crippen LogP contribution >= 0.6 is 11.3 Å². The Morgan fingerprint density at radius 3 is 2.68 bits per heavy atom. The number of carbonyl (C=O) groups is 1. The van der Waals surface area contributed by atoms with E-state index in [1.165, 1.54) is 11.3 Å². The van der Waals surface area contributed by atoms with Crippen molar-refractivity contribution >= 4 is 17.2 Å². The number of thiazole rings is 1. The van der Waals surface area contributed by atoms with Crippen molar-refractivity contribution in [1.29, 1.82) is 0 Å². The summed E-state index contributed by atoms with van der Waals surface area (Å²) in [6.45, 7) is 7.12. The predicted molar refractivity (Wildman–Crippen MR) is 86.0 cm³/mol. The van der Waals surface area contributed by atoms with Crippen LogP contribution in [0.15, 0.2) is 24.4 Å². The molecule has 3 heterocycles. The molecule has 5 nitrogen and oxygen atoms in total. The Morgan fingerprint density at radius 1 is 1.32 bits per heavy atom. The Morgan fingerprint density at radius 2 is 2.05 bits per heavy atom. The van der Waals surface area contributed by atoms with Crippen molar-refractivity contribution in [3.8, 4) is 10.7 Å². The van der Waals surface area contributed by atoms with Crippen molar-refractivity contribution in [3.05, 3.63) is 35.0 Å². The van der Waals surface area contributed by atoms with Gasteiger partial charge in [-0.25, -0.2) is 4.98 Å². The van der Waals surface area contributed by atoms with Gasteiger partial charge >= 0.3 is 0 Å². The Kier molecular flexibility index (Phi) is 4.22. The fourth-order valence-electron chi connectivity index (χ4n) is 2.68. The molecule has 1 fully saturated rings. The Labute approximate surface area is 134 Å². The van der Waals surface area contributed by atoms with E-state index in [4.69, 9.17) is 4.74 Å². The van der Waals surface area contributed by atoms with Crippen LogP contribution in [-0.4, -0.2) is 46.1 Å². The highest BCUT2D eigenvalue weighted by atomic mass is 32.1. The molecule has 1 aliphatic rings. The van der Waals surface area contributed by atoms with Gasteiger partial charge in [-0.15, -0.1) is 11.3 Å². The number of aryl methyl sites for hydroxylation is 1. The molecule has 2 atom stereocenters. The molecule has 116 valence electrons. The summed E-state index contributed by atoms with van der Waals surface area (Å²) in [6, 6.07) is 5.70. The minimum Gasteiger partial charge on any atom is -0.372 e. The lowest BCUT2D eigenvalue weighted by Gasteiger charge is -2.35. The summed E-state index contributed by atoms with van der Waals surface area (Å²) >= 11 is 1.41. The Bertz CT molecular complexity index is 661. The topological polar surface area (TPSA) is 55.3 Å². The molecular formula is C16H19N3O2S. The minimum atomic E-state index is 0.0409. The molecule has 1 amide bonds. The summed E-state index contributed by atoms with van der Waals surface area (Å²) in [5.74, 6) is 0.0409. The first-order valence-corrected chi connectivity index (χ1v) is 8.20. The highest BCUT2D eigenvalue weighted by Crippen LogP contribution is 2.28. The third kappa shape index (κ3) is 3.03. The second-order valence-corrected chi connectivity index (χ2v) is 6.62. The number of rotatable bonds is 2. The lowest BCUT2D eigenvalue weighted by Crippen LogP contribution is -2.48. The summed E-state index contributed by atoms with van der Waals surface area (Å²) in [5, 5.41) is 0.788. The van der Waals surface area contributed by atoms with Crippen LogP contribution in [0.3, 0.4) is 0 Å². The van der Waals surface area contributed by atoms with Crippen LogP contribution in [0.1, 0.15) is 29.2 Å². The monoisotopic (exact) mass is 317 g/mol. The van der Waals surface area contributed by atoms with Crippen molar-refractivity contribution in [2.75, 3.05) is 13.1 Å². The van der Waals surface area contributed by atoms with Crippen molar-refractivity contribution in [2.24, 2.45) is 0 Å². The molecule has 0 unspecified atom stereocenters. The van der Waals surface area contributed by atoms with Crippen molar-refractivity contribution in [1.82, 2.24) is 14.9 Å². The van der Waals surface area contributed by atoms with Crippen LogP contribution in [0.25, 0.3) is 10.7 Å². The van der Waals surface area contributed by atoms with E-state index in [-0.39, 0.29) is 18.1 Å². The first kappa shape index (κ1) is 15.1. The van der Waals surface area contributed by atoms with Gasteiger partial charge in [0.2, 0.25) is 0 Å². The van der Waals surface area contributed by atoms with Crippen molar-refractivity contribution in [3.63, 3.8) is 0 Å². The van der Waals surface area contributed by atoms with Gasteiger partial charge in [0.05, 0.1) is 23.6 Å². The van der Waals surface area contributed by atoms with Gasteiger partial charge in [-0.2, -0.15) is 0 Å². The van der Waals surface area contributed by atoms with E-state index in [9.17, 15) is 4.79 Å². The maximum atomic E-state index is 12.8. The van der Waals surface area contributed by atoms with E-state index in [1.807, 2.05) is 43.9 Å². The maximum absolute atomic E-state index is 12.8. The zero-order valence-corrected chi connectivity index (χ0v) is 13.8. The summed E-state index contributed by atoms with van der Waals surface area (Å²) in [7, 11) is 0. The lowest BCUT2D eigenvalue weighted by molar-refractivity contribution is -0.0585. The number of hydrogen-bond acceptors (Lipinski definition) is 5. The molecule has 22 heavy (non-hydrogen) atoms. The van der Waals surface area contributed by atoms with Gasteiger partial charge in [-0.1, -0.05) is 6.07 Å². The van der Waals surface area contributed by atoms with E-state index < -0.39 is 0 Å². The second kappa shape index (κ2) is 6.14. The molecule has 3 rings (SSSR count). The number of carbonyl (C=O) groups excluding carboxylic acids is 1. The largest absolute Gasteiger partial charge is 0.372 e. The number of ether oxygens (including phenoxy) is 1. The van der Waals surface area contributed by atoms with Crippen LogP contribution in [0, 0.1) is 6.92 Å². The summed E-state index contributed by atoms with van der Waals surface area (Å²) in [6.07, 6.45) is 1.87. The van der Waals surface area contributed by atoms with Gasteiger partial charge in [-0.05, 0) is 32.9 Å². The third-order valence-corrected chi connectivity index (χ3v) is 4.75. The first-order chi connectivity index (χ1) is 10.5. The molecule has 0 bridgehead atoms. The molecule has 0 aromatic carbocycles. The number of amides is 1. The molecule has 6 heteroatoms. The van der Waals surface area contributed by atoms with Gasteiger partial charge in [0, 0.05) is 19.3 Å². The normalized spacial score (nSPS) is 21.9. The first-order valence-electron chi connectivity index (χ1n) is 7.38. The van der Waals surface area contributed by atoms with E-state index in [0.717, 1.165) is 16.4 Å². The highest BCUT2D eigenvalue weighted by Gasteiger charge is 2.29. The molecule has 0 aliphatic carbocycles. The molecule has 0 spiro atoms. The summed E-state index contributed by atoms with van der Waals surface area (Å²) in [4.78, 5) is 24.2. The lowest BCUT2D eigenvalue weighted by atomic mass is 10.2. The van der Waals surface area contributed by atoms with E-state index >= 15 is 0 Å². The molecule has 0 radical (unpaired) electrons. The summed E-state index contributed by atoms with van der Waals surface area (Å²) < 4.78 is 5.69. The molecule has 1 saturated heterocycles. The Hall–Kier alpha value is -1.79. The van der Waals surface area contributed by atoms with Crippen LogP contribution in [-0.2, 0) is 4.74 Å². The Balaban J connectivity index is 1.86. The molecule has 2 aromatic heterocycles. The highest BCUT2D eigenvalue weighted by molar-refractivity contribution is 7.17. The average Bonchev–Trinajstić information content (AvgIpc) is 2.88. The van der Waals surface area contributed by atoms with Crippen LogP contribution in [0.2, 0.25) is 0 Å². The van der Waals surface area contributed by atoms with Crippen molar-refractivity contribution in [2.45, 2.75) is 33.0 Å². The molecular weight excluding hydrogens is 298 g/mol. The fraction of sp³-hybridized carbons (Fsp3) is 0.438. The van der Waals surface area contributed by atoms with E-state index in [0.29, 0.717) is 18.0 Å². The summed E-state index contributed by atoms with van der Waals surface area (Å²) in [5.41, 5.74) is 1.57. The quantitative estimate of drug-likeness (QED) is 0.854. The number of nitrogens with zero attached hydrogens (tertiary/aromatic N) is 3. The smallest absolute Gasteiger partial charge is 0.266 e. The fourth-order valence-corrected chi connectivity index (χ4v) is 3.69. The number of aromatic nitrogens is 2. The minimum absolute atomic E-state index is 0.0409. The van der Waals surface area contributed by atoms with Gasteiger partial charge in [0.1, 0.15) is 9.88 Å². The zero-order valence-electron chi connectivity index (χ0n) is 12.9. The van der Waals surface area contributed by atoms with E-state index in [1.54, 1.807) is 6.20 Å². The predicted octanol–water partition coefficient (Wildman–Crippen LogP) is 2.76. The van der Waals surface area contributed by atoms with E-state index in [2.05, 4.69) is 9.97 Å². The van der Waals surface area contributed by atoms with Crippen LogP contribution in [0.4, 0.5) is 0 Å². The average molecular weight is 317 g/mol. The molecule has 0 saturated carbocycles. The van der Waals surface area contributed by atoms with Gasteiger partial charge in [0.25, 0.3) is 5.91 Å². The zero-order chi connectivity index (χ0) is 15.7. The number of hydrogen-bond donors (Lipinski definition) is 0. The van der Waals surface area contributed by atoms with Crippen molar-refractivity contribution < 1.29 is 9.53 Å². The van der Waals surface area contributed by atoms with Crippen LogP contribution < -0.4 is 0 Å². The number of morpholine rings is 1. The second-order valence-electron chi connectivity index (χ2n) is 5.62. The molecule has 1 aliphatic heterocycles. The van der Waals surface area contributed by atoms with Gasteiger partial charge in [0.15, 0.2) is 0 Å². The van der Waals surface area contributed by atoms with Gasteiger partial charge < -0.3 is 9.64 Å². The SMILES string of the molecule is Cc1nc(-c2ccccn2)sc1C(=O)N1C[C@@H](C)O[C@@H](C)C1. The van der Waals surface area contributed by atoms with Crippen LogP contribution in [0.5, 0.6) is 0 Å². The standard InChI is InChI=1S/C16H19N3O2S/c1-10-8-19(9-11(2)21-10)16(20)14-12(3)18-15(22-14)13-6-4-5-7-17-13/h4-7,10-11H,8-9H2,1-3H3/t10-,11+. The van der Waals surface area contributed by atoms with Gasteiger partial charge in [-0.3, -0.25) is 9.78 Å². The third-order valence-electron chi connectivity index (χ3n) is 3.58. The number of pyridine rings is 1. The molecule has 2 aromatic rings. The molecule has 0 N–H and O–H groups in total.